The molecule has 2 aliphatic heterocycles. The second-order valence-corrected chi connectivity index (χ2v) is 7.35. The molecule has 2 aliphatic rings. The Kier molecular flexibility index (Phi) is 5.17. The molecule has 2 N–H and O–H groups in total. The lowest BCUT2D eigenvalue weighted by Crippen LogP contribution is -2.40. The minimum Gasteiger partial charge on any atom is -0.368 e. The molecule has 2 aromatic rings. The quantitative estimate of drug-likeness (QED) is 0.757. The van der Waals surface area contributed by atoms with Gasteiger partial charge >= 0.3 is 0 Å². The first-order valence-corrected chi connectivity index (χ1v) is 9.73. The van der Waals surface area contributed by atoms with Gasteiger partial charge in [0.15, 0.2) is 6.10 Å². The topological polar surface area (TPSA) is 92.9 Å². The Morgan fingerprint density at radius 1 is 1.00 bits per heavy atom. The number of carbonyl (C=O) groups excluding carboxylic acids is 3. The number of fused-ring (bicyclic) bond motifs is 1. The van der Waals surface area contributed by atoms with E-state index in [0.717, 1.165) is 16.7 Å². The molecule has 2 aromatic carbocycles. The van der Waals surface area contributed by atoms with Crippen LogP contribution in [-0.2, 0) is 19.2 Å². The van der Waals surface area contributed by atoms with Crippen molar-refractivity contribution in [2.45, 2.75) is 25.5 Å². The van der Waals surface area contributed by atoms with Crippen LogP contribution < -0.4 is 5.73 Å². The van der Waals surface area contributed by atoms with Crippen molar-refractivity contribution in [1.29, 1.82) is 0 Å². The van der Waals surface area contributed by atoms with E-state index >= 15 is 0 Å². The highest BCUT2D eigenvalue weighted by atomic mass is 16.7. The summed E-state index contributed by atoms with van der Waals surface area (Å²) in [6, 6.07) is 17.1. The number of imide groups is 1. The van der Waals surface area contributed by atoms with Crippen molar-refractivity contribution in [1.82, 2.24) is 9.96 Å². The normalized spacial score (nSPS) is 24.2. The maximum absolute atomic E-state index is 13.0. The number of benzene rings is 2. The number of likely N-dealkylation sites (tertiary alicyclic amines) is 1. The molecular formula is C22H23N3O4. The van der Waals surface area contributed by atoms with Crippen molar-refractivity contribution in [2.24, 2.45) is 11.7 Å². The van der Waals surface area contributed by atoms with Crippen LogP contribution >= 0.6 is 0 Å². The molecular weight excluding hydrogens is 370 g/mol. The minimum absolute atomic E-state index is 0.188. The Labute approximate surface area is 169 Å². The van der Waals surface area contributed by atoms with E-state index in [4.69, 9.17) is 10.6 Å². The Bertz CT molecular complexity index is 929. The van der Waals surface area contributed by atoms with Gasteiger partial charge < -0.3 is 5.73 Å². The number of nitrogens with two attached hydrogens (primary N) is 1. The summed E-state index contributed by atoms with van der Waals surface area (Å²) < 4.78 is 0. The van der Waals surface area contributed by atoms with E-state index in [1.165, 1.54) is 9.96 Å². The molecule has 3 unspecified atom stereocenters. The summed E-state index contributed by atoms with van der Waals surface area (Å²) >= 11 is 0. The third-order valence-electron chi connectivity index (χ3n) is 5.40. The predicted molar refractivity (Wildman–Crippen MR) is 106 cm³/mol. The molecule has 3 amide bonds. The van der Waals surface area contributed by atoms with Gasteiger partial charge in [0.1, 0.15) is 6.54 Å². The third kappa shape index (κ3) is 3.43. The lowest BCUT2D eigenvalue weighted by molar-refractivity contribution is -0.181. The zero-order chi connectivity index (χ0) is 20.5. The lowest BCUT2D eigenvalue weighted by atomic mass is 9.90. The van der Waals surface area contributed by atoms with Gasteiger partial charge in [0.05, 0.1) is 12.0 Å². The lowest BCUT2D eigenvalue weighted by Gasteiger charge is -2.26. The Morgan fingerprint density at radius 2 is 1.66 bits per heavy atom. The minimum atomic E-state index is -0.910. The van der Waals surface area contributed by atoms with E-state index in [1.807, 2.05) is 61.5 Å². The third-order valence-corrected chi connectivity index (χ3v) is 5.40. The molecule has 0 radical (unpaired) electrons. The summed E-state index contributed by atoms with van der Waals surface area (Å²) in [5.74, 6) is -1.87. The monoisotopic (exact) mass is 393 g/mol. The number of hydrogen-bond donors (Lipinski definition) is 1. The fourth-order valence-corrected chi connectivity index (χ4v) is 4.14. The SMILES string of the molecule is CCCN1C(=O)C2ON(CC(N)=O)C(c3ccc(-c4ccccc4)cc3)C2C1=O. The van der Waals surface area contributed by atoms with Gasteiger partial charge in [-0.1, -0.05) is 61.5 Å². The summed E-state index contributed by atoms with van der Waals surface area (Å²) in [5, 5.41) is 1.38. The molecule has 0 spiro atoms. The average molecular weight is 393 g/mol. The number of nitrogens with zero attached hydrogens (tertiary/aromatic N) is 2. The van der Waals surface area contributed by atoms with Crippen LogP contribution in [0.2, 0.25) is 0 Å². The van der Waals surface area contributed by atoms with Crippen molar-refractivity contribution in [3.8, 4) is 11.1 Å². The maximum atomic E-state index is 13.0. The Balaban J connectivity index is 1.67. The number of amides is 3. The summed E-state index contributed by atoms with van der Waals surface area (Å²) in [6.07, 6.45) is -0.231. The molecule has 2 fully saturated rings. The smallest absolute Gasteiger partial charge is 0.261 e. The molecule has 7 nitrogen and oxygen atoms in total. The number of rotatable bonds is 6. The van der Waals surface area contributed by atoms with Crippen LogP contribution in [0.3, 0.4) is 0 Å². The summed E-state index contributed by atoms with van der Waals surface area (Å²) in [5.41, 5.74) is 8.28. The van der Waals surface area contributed by atoms with Crippen molar-refractivity contribution in [3.05, 3.63) is 60.2 Å². The van der Waals surface area contributed by atoms with E-state index in [0.29, 0.717) is 13.0 Å². The molecule has 4 rings (SSSR count). The fourth-order valence-electron chi connectivity index (χ4n) is 4.14. The van der Waals surface area contributed by atoms with Gasteiger partial charge in [-0.2, -0.15) is 5.06 Å². The first kappa shape index (κ1) is 19.3. The van der Waals surface area contributed by atoms with Crippen LogP contribution in [0.1, 0.15) is 24.9 Å². The molecule has 0 aromatic heterocycles. The van der Waals surface area contributed by atoms with Gasteiger partial charge in [-0.05, 0) is 23.1 Å². The molecule has 2 heterocycles. The first-order valence-electron chi connectivity index (χ1n) is 9.73. The van der Waals surface area contributed by atoms with Crippen LogP contribution in [0.15, 0.2) is 54.6 Å². The molecule has 150 valence electrons. The van der Waals surface area contributed by atoms with Crippen LogP contribution in [0.5, 0.6) is 0 Å². The van der Waals surface area contributed by atoms with Crippen molar-refractivity contribution >= 4 is 17.7 Å². The van der Waals surface area contributed by atoms with Gasteiger partial charge in [0.25, 0.3) is 5.91 Å². The predicted octanol–water partition coefficient (Wildman–Crippen LogP) is 1.89. The van der Waals surface area contributed by atoms with E-state index in [2.05, 4.69) is 0 Å². The van der Waals surface area contributed by atoms with Crippen LogP contribution in [0, 0.1) is 5.92 Å². The van der Waals surface area contributed by atoms with E-state index in [9.17, 15) is 14.4 Å². The number of hydrogen-bond acceptors (Lipinski definition) is 5. The summed E-state index contributed by atoms with van der Waals surface area (Å²) in [6.45, 7) is 2.09. The van der Waals surface area contributed by atoms with Crippen molar-refractivity contribution in [2.75, 3.05) is 13.1 Å². The zero-order valence-corrected chi connectivity index (χ0v) is 16.2. The molecule has 7 heteroatoms. The second kappa shape index (κ2) is 7.77. The number of carbonyl (C=O) groups is 3. The van der Waals surface area contributed by atoms with Crippen LogP contribution in [-0.4, -0.2) is 46.9 Å². The summed E-state index contributed by atoms with van der Waals surface area (Å²) in [7, 11) is 0. The molecule has 29 heavy (non-hydrogen) atoms. The standard InChI is InChI=1S/C22H23N3O4/c1-2-12-24-21(27)18-19(25(13-17(23)26)29-20(18)22(24)28)16-10-8-15(9-11-16)14-6-4-3-5-7-14/h3-11,18-20H,2,12-13H2,1H3,(H2,23,26). The van der Waals surface area contributed by atoms with Crippen molar-refractivity contribution in [3.63, 3.8) is 0 Å². The largest absolute Gasteiger partial charge is 0.368 e. The molecule has 0 aliphatic carbocycles. The highest BCUT2D eigenvalue weighted by Gasteiger charge is 2.59. The fraction of sp³-hybridized carbons (Fsp3) is 0.318. The van der Waals surface area contributed by atoms with Gasteiger partial charge in [-0.25, -0.2) is 0 Å². The van der Waals surface area contributed by atoms with Gasteiger partial charge in [0, 0.05) is 6.54 Å². The second-order valence-electron chi connectivity index (χ2n) is 7.35. The Morgan fingerprint density at radius 3 is 2.28 bits per heavy atom. The van der Waals surface area contributed by atoms with Crippen molar-refractivity contribution < 1.29 is 19.2 Å². The molecule has 0 saturated carbocycles. The Hall–Kier alpha value is -3.03. The highest BCUT2D eigenvalue weighted by Crippen LogP contribution is 2.44. The van der Waals surface area contributed by atoms with Gasteiger partial charge in [-0.3, -0.25) is 24.1 Å². The van der Waals surface area contributed by atoms with Gasteiger partial charge in [-0.15, -0.1) is 0 Å². The average Bonchev–Trinajstić information content (AvgIpc) is 3.19. The van der Waals surface area contributed by atoms with E-state index in [1.54, 1.807) is 0 Å². The number of primary amides is 1. The maximum Gasteiger partial charge on any atom is 0.261 e. The van der Waals surface area contributed by atoms with E-state index < -0.39 is 24.0 Å². The molecule has 3 atom stereocenters. The molecule has 0 bridgehead atoms. The zero-order valence-electron chi connectivity index (χ0n) is 16.2. The van der Waals surface area contributed by atoms with Crippen LogP contribution in [0.25, 0.3) is 11.1 Å². The molecule has 2 saturated heterocycles. The number of hydroxylamine groups is 2. The van der Waals surface area contributed by atoms with Crippen LogP contribution in [0.4, 0.5) is 0 Å². The van der Waals surface area contributed by atoms with Gasteiger partial charge in [0.2, 0.25) is 11.8 Å². The summed E-state index contributed by atoms with van der Waals surface area (Å²) in [4.78, 5) is 44.2. The highest BCUT2D eigenvalue weighted by molar-refractivity contribution is 6.07. The first-order chi connectivity index (χ1) is 14.0. The van der Waals surface area contributed by atoms with E-state index in [-0.39, 0.29) is 18.4 Å².